The Morgan fingerprint density at radius 3 is 2.50 bits per heavy atom. The van der Waals surface area contributed by atoms with Gasteiger partial charge in [-0.3, -0.25) is 0 Å². The first-order valence-corrected chi connectivity index (χ1v) is 8.25. The first-order chi connectivity index (χ1) is 11.3. The molecule has 1 unspecified atom stereocenters. The number of halogens is 5. The van der Waals surface area contributed by atoms with Gasteiger partial charge < -0.3 is 5.32 Å². The first-order valence-electron chi connectivity index (χ1n) is 7.87. The molecular formula is C18H20ClF4N. The molecular weight excluding hydrogens is 342 g/mol. The molecule has 0 bridgehead atoms. The van der Waals surface area contributed by atoms with E-state index in [1.807, 2.05) is 13.0 Å². The second-order valence-corrected chi connectivity index (χ2v) is 6.59. The lowest BCUT2D eigenvalue weighted by atomic mass is 9.93. The maximum absolute atomic E-state index is 13.1. The lowest BCUT2D eigenvalue weighted by Crippen LogP contribution is -2.26. The molecule has 2 atom stereocenters. The van der Waals surface area contributed by atoms with E-state index in [1.54, 1.807) is 0 Å². The van der Waals surface area contributed by atoms with E-state index in [0.717, 1.165) is 30.5 Å². The third-order valence-electron chi connectivity index (χ3n) is 4.12. The summed E-state index contributed by atoms with van der Waals surface area (Å²) in [6.07, 6.45) is 1.22. The van der Waals surface area contributed by atoms with Crippen LogP contribution in [0.15, 0.2) is 47.3 Å². The highest BCUT2D eigenvalue weighted by atomic mass is 35.5. The average Bonchev–Trinajstić information content (AvgIpc) is 2.53. The van der Waals surface area contributed by atoms with Gasteiger partial charge in [0.2, 0.25) is 0 Å². The molecule has 132 valence electrons. The Balaban J connectivity index is 1.74. The third-order valence-corrected chi connectivity index (χ3v) is 4.46. The molecule has 0 amide bonds. The standard InChI is InChI=1S/C18H20ClF4N/c1-12(2-3-13-6-9-17(20)16(19)10-13)24-11-14-4-7-15(8-5-14)18(21,22)23/h4-9,12-13,24H,2-3,10-11H2,1H3/t12-,13?/m1/s1. The topological polar surface area (TPSA) is 12.0 Å². The van der Waals surface area contributed by atoms with Crippen molar-refractivity contribution in [2.45, 2.75) is 44.9 Å². The van der Waals surface area contributed by atoms with E-state index in [-0.39, 0.29) is 22.8 Å². The van der Waals surface area contributed by atoms with Crippen LogP contribution in [0, 0.1) is 5.92 Å². The Kier molecular flexibility index (Phi) is 6.47. The van der Waals surface area contributed by atoms with Crippen molar-refractivity contribution in [3.8, 4) is 0 Å². The zero-order valence-corrected chi connectivity index (χ0v) is 14.1. The smallest absolute Gasteiger partial charge is 0.310 e. The molecule has 0 aliphatic heterocycles. The maximum atomic E-state index is 13.1. The van der Waals surface area contributed by atoms with E-state index >= 15 is 0 Å². The highest BCUT2D eigenvalue weighted by molar-refractivity contribution is 6.30. The predicted octanol–water partition coefficient (Wildman–Crippen LogP) is 5.96. The lowest BCUT2D eigenvalue weighted by molar-refractivity contribution is -0.137. The van der Waals surface area contributed by atoms with Crippen molar-refractivity contribution in [3.05, 3.63) is 58.4 Å². The van der Waals surface area contributed by atoms with Crippen LogP contribution >= 0.6 is 11.6 Å². The van der Waals surface area contributed by atoms with E-state index in [2.05, 4.69) is 5.32 Å². The number of benzene rings is 1. The second-order valence-electron chi connectivity index (χ2n) is 6.13. The third kappa shape index (κ3) is 5.64. The zero-order valence-electron chi connectivity index (χ0n) is 13.3. The van der Waals surface area contributed by atoms with Crippen LogP contribution in [0.25, 0.3) is 0 Å². The van der Waals surface area contributed by atoms with Crippen molar-refractivity contribution >= 4 is 11.6 Å². The van der Waals surface area contributed by atoms with E-state index < -0.39 is 11.7 Å². The van der Waals surface area contributed by atoms with Gasteiger partial charge in [-0.1, -0.05) is 29.8 Å². The van der Waals surface area contributed by atoms with Crippen LogP contribution in [0.4, 0.5) is 17.6 Å². The maximum Gasteiger partial charge on any atom is 0.416 e. The molecule has 1 aromatic carbocycles. The summed E-state index contributed by atoms with van der Waals surface area (Å²) in [7, 11) is 0. The van der Waals surface area contributed by atoms with Crippen LogP contribution in [-0.2, 0) is 12.7 Å². The average molecular weight is 362 g/mol. The summed E-state index contributed by atoms with van der Waals surface area (Å²) in [5, 5.41) is 3.56. The molecule has 1 aromatic rings. The Morgan fingerprint density at radius 2 is 1.92 bits per heavy atom. The lowest BCUT2D eigenvalue weighted by Gasteiger charge is -2.19. The summed E-state index contributed by atoms with van der Waals surface area (Å²) in [6, 6.07) is 5.36. The summed E-state index contributed by atoms with van der Waals surface area (Å²) in [5.41, 5.74) is 0.168. The number of hydrogen-bond donors (Lipinski definition) is 1. The molecule has 0 fully saturated rings. The fourth-order valence-corrected chi connectivity index (χ4v) is 2.84. The van der Waals surface area contributed by atoms with Crippen LogP contribution in [0.1, 0.15) is 37.3 Å². The number of hydrogen-bond acceptors (Lipinski definition) is 1. The van der Waals surface area contributed by atoms with E-state index in [4.69, 9.17) is 11.6 Å². The van der Waals surface area contributed by atoms with E-state index in [9.17, 15) is 17.6 Å². The Hall–Kier alpha value is -1.33. The molecule has 6 heteroatoms. The van der Waals surface area contributed by atoms with Crippen molar-refractivity contribution < 1.29 is 17.6 Å². The van der Waals surface area contributed by atoms with Crippen LogP contribution in [0.2, 0.25) is 0 Å². The Labute approximate surface area is 144 Å². The largest absolute Gasteiger partial charge is 0.416 e. The van der Waals surface area contributed by atoms with Crippen LogP contribution < -0.4 is 5.32 Å². The molecule has 0 heterocycles. The second kappa shape index (κ2) is 8.17. The van der Waals surface area contributed by atoms with Crippen molar-refractivity contribution in [1.82, 2.24) is 5.32 Å². The minimum absolute atomic E-state index is 0.204. The van der Waals surface area contributed by atoms with Crippen molar-refractivity contribution in [3.63, 3.8) is 0 Å². The summed E-state index contributed by atoms with van der Waals surface area (Å²) in [4.78, 5) is 0. The van der Waals surface area contributed by atoms with Gasteiger partial charge in [-0.05, 0) is 55.9 Å². The van der Waals surface area contributed by atoms with Crippen LogP contribution in [-0.4, -0.2) is 6.04 Å². The molecule has 1 aliphatic carbocycles. The minimum atomic E-state index is -4.30. The number of allylic oxidation sites excluding steroid dienone is 4. The van der Waals surface area contributed by atoms with Gasteiger partial charge >= 0.3 is 6.18 Å². The van der Waals surface area contributed by atoms with Gasteiger partial charge in [-0.2, -0.15) is 13.2 Å². The quantitative estimate of drug-likeness (QED) is 0.616. The molecule has 0 spiro atoms. The highest BCUT2D eigenvalue weighted by Crippen LogP contribution is 2.30. The molecule has 1 nitrogen and oxygen atoms in total. The number of rotatable bonds is 6. The fourth-order valence-electron chi connectivity index (χ4n) is 2.57. The highest BCUT2D eigenvalue weighted by Gasteiger charge is 2.29. The molecule has 24 heavy (non-hydrogen) atoms. The van der Waals surface area contributed by atoms with E-state index in [1.165, 1.54) is 18.2 Å². The van der Waals surface area contributed by atoms with Crippen molar-refractivity contribution in [2.24, 2.45) is 5.92 Å². The van der Waals surface area contributed by atoms with Gasteiger partial charge in [-0.15, -0.1) is 0 Å². The molecule has 1 N–H and O–H groups in total. The summed E-state index contributed by atoms with van der Waals surface area (Å²) in [5.74, 6) is -0.131. The minimum Gasteiger partial charge on any atom is -0.310 e. The summed E-state index contributed by atoms with van der Waals surface area (Å²) < 4.78 is 50.7. The summed E-state index contributed by atoms with van der Waals surface area (Å²) in [6.45, 7) is 2.53. The van der Waals surface area contributed by atoms with Crippen molar-refractivity contribution in [2.75, 3.05) is 0 Å². The zero-order chi connectivity index (χ0) is 17.7. The Morgan fingerprint density at radius 1 is 1.25 bits per heavy atom. The van der Waals surface area contributed by atoms with Gasteiger partial charge in [0.05, 0.1) is 10.6 Å². The van der Waals surface area contributed by atoms with Crippen LogP contribution in [0.3, 0.4) is 0 Å². The van der Waals surface area contributed by atoms with Gasteiger partial charge in [0.25, 0.3) is 0 Å². The van der Waals surface area contributed by atoms with Gasteiger partial charge in [-0.25, -0.2) is 4.39 Å². The van der Waals surface area contributed by atoms with Crippen molar-refractivity contribution in [1.29, 1.82) is 0 Å². The van der Waals surface area contributed by atoms with Gasteiger partial charge in [0.15, 0.2) is 0 Å². The number of nitrogens with one attached hydrogen (secondary N) is 1. The fraction of sp³-hybridized carbons (Fsp3) is 0.444. The van der Waals surface area contributed by atoms with Gasteiger partial charge in [0, 0.05) is 12.6 Å². The monoisotopic (exact) mass is 361 g/mol. The van der Waals surface area contributed by atoms with E-state index in [0.29, 0.717) is 13.0 Å². The Bertz CT molecular complexity index is 604. The first kappa shape index (κ1) is 19.0. The van der Waals surface area contributed by atoms with Gasteiger partial charge in [0.1, 0.15) is 5.83 Å². The summed E-state index contributed by atoms with van der Waals surface area (Å²) >= 11 is 5.82. The SMILES string of the molecule is C[C@H](CCC1C=CC(F)=C(Cl)C1)NCc1ccc(C(F)(F)F)cc1. The predicted molar refractivity (Wildman–Crippen MR) is 88.2 cm³/mol. The molecule has 0 radical (unpaired) electrons. The number of alkyl halides is 3. The molecule has 1 aliphatic rings. The van der Waals surface area contributed by atoms with Crippen LogP contribution in [0.5, 0.6) is 0 Å². The molecule has 0 saturated carbocycles. The molecule has 0 saturated heterocycles. The molecule has 0 aromatic heterocycles. The molecule has 2 rings (SSSR count). The normalized spacial score (nSPS) is 19.7.